The van der Waals surface area contributed by atoms with Crippen LogP contribution in [0.2, 0.25) is 0 Å². The van der Waals surface area contributed by atoms with Gasteiger partial charge in [-0.1, -0.05) is 24.3 Å². The Hall–Kier alpha value is -2.99. The van der Waals surface area contributed by atoms with Gasteiger partial charge in [0, 0.05) is 37.2 Å². The Labute approximate surface area is 182 Å². The van der Waals surface area contributed by atoms with Crippen molar-refractivity contribution in [2.24, 2.45) is 0 Å². The summed E-state index contributed by atoms with van der Waals surface area (Å²) in [5, 5.41) is 7.94. The minimum Gasteiger partial charge on any atom is -0.421 e. The van der Waals surface area contributed by atoms with E-state index in [0.29, 0.717) is 17.8 Å². The van der Waals surface area contributed by atoms with Crippen molar-refractivity contribution < 1.29 is 9.21 Å². The van der Waals surface area contributed by atoms with E-state index in [1.807, 2.05) is 48.5 Å². The number of benzene rings is 2. The van der Waals surface area contributed by atoms with Crippen molar-refractivity contribution >= 4 is 5.91 Å². The van der Waals surface area contributed by atoms with E-state index in [0.717, 1.165) is 48.2 Å². The molecule has 1 aromatic heterocycles. The number of hydrogen-bond donors (Lipinski definition) is 0. The van der Waals surface area contributed by atoms with Crippen molar-refractivity contribution in [3.63, 3.8) is 0 Å². The van der Waals surface area contributed by atoms with Gasteiger partial charge in [0.2, 0.25) is 11.8 Å². The molecule has 0 aliphatic carbocycles. The summed E-state index contributed by atoms with van der Waals surface area (Å²) in [6.45, 7) is 6.03. The zero-order valence-electron chi connectivity index (χ0n) is 18.0. The van der Waals surface area contributed by atoms with Gasteiger partial charge in [0.05, 0.1) is 0 Å². The van der Waals surface area contributed by atoms with Gasteiger partial charge in [-0.15, -0.1) is 10.2 Å². The standard InChI is InChI=1S/C25H28N4O2/c1-18-26-27-24(31-18)21-10-6-19(7-11-21)20-8-12-22(13-9-20)25(30)29-16-4-5-23(29)17-28-14-2-3-15-28/h6-13,23H,2-5,14-17H2,1H3. The molecule has 31 heavy (non-hydrogen) atoms. The number of carbonyl (C=O) groups excluding carboxylic acids is 1. The number of aromatic nitrogens is 2. The lowest BCUT2D eigenvalue weighted by Crippen LogP contribution is -2.42. The molecule has 2 aromatic carbocycles. The summed E-state index contributed by atoms with van der Waals surface area (Å²) >= 11 is 0. The molecule has 0 N–H and O–H groups in total. The average Bonchev–Trinajstić information content (AvgIpc) is 3.57. The summed E-state index contributed by atoms with van der Waals surface area (Å²) in [6, 6.07) is 16.4. The molecule has 0 saturated carbocycles. The molecule has 3 heterocycles. The molecule has 160 valence electrons. The third-order valence-corrected chi connectivity index (χ3v) is 6.43. The fraction of sp³-hybridized carbons (Fsp3) is 0.400. The molecule has 0 radical (unpaired) electrons. The molecule has 6 heteroatoms. The van der Waals surface area contributed by atoms with Gasteiger partial charge in [-0.2, -0.15) is 0 Å². The van der Waals surface area contributed by atoms with Crippen LogP contribution in [0.25, 0.3) is 22.6 Å². The summed E-state index contributed by atoms with van der Waals surface area (Å²) in [7, 11) is 0. The van der Waals surface area contributed by atoms with Crippen LogP contribution in [0.3, 0.4) is 0 Å². The SMILES string of the molecule is Cc1nnc(-c2ccc(-c3ccc(C(=O)N4CCCC4CN4CCCC4)cc3)cc2)o1. The van der Waals surface area contributed by atoms with Gasteiger partial charge in [-0.3, -0.25) is 4.79 Å². The minimum atomic E-state index is 0.162. The van der Waals surface area contributed by atoms with E-state index < -0.39 is 0 Å². The molecule has 2 saturated heterocycles. The van der Waals surface area contributed by atoms with Crippen LogP contribution in [0.5, 0.6) is 0 Å². The van der Waals surface area contributed by atoms with Crippen LogP contribution in [0.15, 0.2) is 52.9 Å². The first-order chi connectivity index (χ1) is 15.2. The highest BCUT2D eigenvalue weighted by Crippen LogP contribution is 2.26. The smallest absolute Gasteiger partial charge is 0.254 e. The van der Waals surface area contributed by atoms with Crippen molar-refractivity contribution in [2.45, 2.75) is 38.6 Å². The van der Waals surface area contributed by atoms with E-state index in [9.17, 15) is 4.79 Å². The van der Waals surface area contributed by atoms with Crippen LogP contribution < -0.4 is 0 Å². The van der Waals surface area contributed by atoms with Crippen molar-refractivity contribution in [1.29, 1.82) is 0 Å². The third kappa shape index (κ3) is 4.26. The van der Waals surface area contributed by atoms with Crippen LogP contribution in [-0.4, -0.2) is 58.1 Å². The van der Waals surface area contributed by atoms with Crippen LogP contribution in [0, 0.1) is 6.92 Å². The lowest BCUT2D eigenvalue weighted by molar-refractivity contribution is 0.0709. The molecule has 1 amide bonds. The van der Waals surface area contributed by atoms with Gasteiger partial charge in [0.1, 0.15) is 0 Å². The van der Waals surface area contributed by atoms with Gasteiger partial charge >= 0.3 is 0 Å². The van der Waals surface area contributed by atoms with Crippen LogP contribution >= 0.6 is 0 Å². The fourth-order valence-electron chi connectivity index (χ4n) is 4.75. The van der Waals surface area contributed by atoms with E-state index in [1.54, 1.807) is 6.92 Å². The van der Waals surface area contributed by atoms with Crippen molar-refractivity contribution in [2.75, 3.05) is 26.2 Å². The first-order valence-electron chi connectivity index (χ1n) is 11.2. The number of carbonyl (C=O) groups is 1. The Morgan fingerprint density at radius 2 is 1.55 bits per heavy atom. The summed E-state index contributed by atoms with van der Waals surface area (Å²) in [4.78, 5) is 17.8. The topological polar surface area (TPSA) is 62.5 Å². The Kier molecular flexibility index (Phi) is 5.55. The van der Waals surface area contributed by atoms with Crippen molar-refractivity contribution in [3.8, 4) is 22.6 Å². The zero-order chi connectivity index (χ0) is 21.2. The predicted molar refractivity (Wildman–Crippen MR) is 120 cm³/mol. The van der Waals surface area contributed by atoms with E-state index in [2.05, 4.69) is 20.0 Å². The quantitative estimate of drug-likeness (QED) is 0.616. The molecule has 1 atom stereocenters. The molecule has 0 spiro atoms. The molecular formula is C25H28N4O2. The number of amides is 1. The van der Waals surface area contributed by atoms with Crippen LogP contribution in [0.4, 0.5) is 0 Å². The molecule has 3 aromatic rings. The summed E-state index contributed by atoms with van der Waals surface area (Å²) in [5.41, 5.74) is 3.84. The second-order valence-corrected chi connectivity index (χ2v) is 8.58. The van der Waals surface area contributed by atoms with Crippen molar-refractivity contribution in [3.05, 3.63) is 60.0 Å². The lowest BCUT2D eigenvalue weighted by Gasteiger charge is -2.28. The first kappa shape index (κ1) is 19.9. The second kappa shape index (κ2) is 8.63. The number of nitrogens with zero attached hydrogens (tertiary/aromatic N) is 4. The van der Waals surface area contributed by atoms with Gasteiger partial charge < -0.3 is 14.2 Å². The third-order valence-electron chi connectivity index (χ3n) is 6.43. The van der Waals surface area contributed by atoms with Gasteiger partial charge in [0.15, 0.2) is 0 Å². The Balaban J connectivity index is 1.27. The zero-order valence-corrected chi connectivity index (χ0v) is 18.0. The molecule has 2 aliphatic rings. The maximum absolute atomic E-state index is 13.2. The molecule has 2 fully saturated rings. The molecule has 0 bridgehead atoms. The highest BCUT2D eigenvalue weighted by molar-refractivity contribution is 5.95. The maximum Gasteiger partial charge on any atom is 0.254 e. The summed E-state index contributed by atoms with van der Waals surface area (Å²) in [6.07, 6.45) is 4.80. The number of likely N-dealkylation sites (tertiary alicyclic amines) is 2. The molecule has 6 nitrogen and oxygen atoms in total. The van der Waals surface area contributed by atoms with E-state index in [1.165, 1.54) is 25.9 Å². The monoisotopic (exact) mass is 416 g/mol. The Bertz CT molecular complexity index is 1040. The molecule has 5 rings (SSSR count). The summed E-state index contributed by atoms with van der Waals surface area (Å²) < 4.78 is 5.49. The van der Waals surface area contributed by atoms with E-state index in [4.69, 9.17) is 4.42 Å². The Morgan fingerprint density at radius 1 is 0.903 bits per heavy atom. The highest BCUT2D eigenvalue weighted by Gasteiger charge is 2.31. The molecule has 1 unspecified atom stereocenters. The molecule has 2 aliphatic heterocycles. The lowest BCUT2D eigenvalue weighted by atomic mass is 10.0. The normalized spacial score (nSPS) is 19.3. The van der Waals surface area contributed by atoms with E-state index >= 15 is 0 Å². The second-order valence-electron chi connectivity index (χ2n) is 8.58. The minimum absolute atomic E-state index is 0.162. The average molecular weight is 417 g/mol. The fourth-order valence-corrected chi connectivity index (χ4v) is 4.75. The van der Waals surface area contributed by atoms with Gasteiger partial charge in [0.25, 0.3) is 5.91 Å². The predicted octanol–water partition coefficient (Wildman–Crippen LogP) is 4.41. The van der Waals surface area contributed by atoms with Crippen molar-refractivity contribution in [1.82, 2.24) is 20.0 Å². The van der Waals surface area contributed by atoms with Gasteiger partial charge in [-0.25, -0.2) is 0 Å². The highest BCUT2D eigenvalue weighted by atomic mass is 16.4. The number of rotatable bonds is 5. The largest absolute Gasteiger partial charge is 0.421 e. The molecular weight excluding hydrogens is 388 g/mol. The number of aryl methyl sites for hydroxylation is 1. The summed E-state index contributed by atoms with van der Waals surface area (Å²) in [5.74, 6) is 1.24. The Morgan fingerprint density at radius 3 is 2.19 bits per heavy atom. The number of hydrogen-bond acceptors (Lipinski definition) is 5. The maximum atomic E-state index is 13.2. The first-order valence-corrected chi connectivity index (χ1v) is 11.2. The van der Waals surface area contributed by atoms with Crippen LogP contribution in [0.1, 0.15) is 41.9 Å². The van der Waals surface area contributed by atoms with Gasteiger partial charge in [-0.05, 0) is 74.2 Å². The van der Waals surface area contributed by atoms with E-state index in [-0.39, 0.29) is 5.91 Å². The van der Waals surface area contributed by atoms with Crippen LogP contribution in [-0.2, 0) is 0 Å².